The molecule has 0 aliphatic heterocycles. The quantitative estimate of drug-likeness (QED) is 0.229. The first kappa shape index (κ1) is 22.3. The Balaban J connectivity index is 0.000000178. The Labute approximate surface area is 200 Å². The Morgan fingerprint density at radius 2 is 1.63 bits per heavy atom. The third kappa shape index (κ3) is 4.14. The number of carbonyl (C=O) groups is 2. The van der Waals surface area contributed by atoms with Crippen molar-refractivity contribution in [1.29, 1.82) is 0 Å². The number of hydrogen-bond donors (Lipinski definition) is 2. The van der Waals surface area contributed by atoms with Crippen molar-refractivity contribution >= 4 is 50.2 Å². The summed E-state index contributed by atoms with van der Waals surface area (Å²) in [5.74, 6) is -0.746. The summed E-state index contributed by atoms with van der Waals surface area (Å²) in [6, 6.07) is 14.2. The molecule has 1 aliphatic carbocycles. The Morgan fingerprint density at radius 3 is 2.43 bits per heavy atom. The number of carbonyl (C=O) groups excluding carboxylic acids is 2. The minimum absolute atomic E-state index is 0.0491. The van der Waals surface area contributed by atoms with Crippen LogP contribution >= 0.6 is 0 Å². The predicted molar refractivity (Wildman–Crippen MR) is 135 cm³/mol. The van der Waals surface area contributed by atoms with Crippen LogP contribution in [0.1, 0.15) is 41.3 Å². The van der Waals surface area contributed by atoms with E-state index in [9.17, 15) is 14.4 Å². The van der Waals surface area contributed by atoms with Gasteiger partial charge in [0.2, 0.25) is 11.7 Å². The predicted octanol–water partition coefficient (Wildman–Crippen LogP) is 3.94. The smallest absolute Gasteiger partial charge is 0.280 e. The zero-order valence-electron chi connectivity index (χ0n) is 19.2. The number of rotatable bonds is 2. The van der Waals surface area contributed by atoms with Crippen LogP contribution in [0.25, 0.3) is 32.7 Å². The molecule has 6 rings (SSSR count). The summed E-state index contributed by atoms with van der Waals surface area (Å²) in [5, 5.41) is 4.26. The second kappa shape index (κ2) is 9.06. The highest BCUT2D eigenvalue weighted by atomic mass is 16.2. The lowest BCUT2D eigenvalue weighted by atomic mass is 9.85. The molecule has 3 aromatic carbocycles. The summed E-state index contributed by atoms with van der Waals surface area (Å²) in [6.45, 7) is 1.35. The number of fused-ring (bicyclic) bond motifs is 6. The summed E-state index contributed by atoms with van der Waals surface area (Å²) in [6.07, 6.45) is 7.46. The van der Waals surface area contributed by atoms with E-state index in [0.29, 0.717) is 5.56 Å². The molecular weight excluding hydrogens is 442 g/mol. The van der Waals surface area contributed by atoms with Crippen molar-refractivity contribution in [3.63, 3.8) is 0 Å². The first-order chi connectivity index (χ1) is 16.9. The Morgan fingerprint density at radius 1 is 0.914 bits per heavy atom. The summed E-state index contributed by atoms with van der Waals surface area (Å²) >= 11 is 0. The second-order valence-corrected chi connectivity index (χ2v) is 8.54. The molecule has 0 unspecified atom stereocenters. The van der Waals surface area contributed by atoms with Crippen molar-refractivity contribution < 1.29 is 9.59 Å². The number of Topliss-reactive ketones (excluding diaryl/α,β-unsaturated/α-hetero) is 2. The summed E-state index contributed by atoms with van der Waals surface area (Å²) in [7, 11) is 0. The van der Waals surface area contributed by atoms with Gasteiger partial charge in [-0.1, -0.05) is 36.4 Å². The van der Waals surface area contributed by atoms with E-state index in [4.69, 9.17) is 5.73 Å². The van der Waals surface area contributed by atoms with Crippen LogP contribution in [0.4, 0.5) is 5.95 Å². The molecule has 0 fully saturated rings. The molecule has 0 saturated heterocycles. The minimum Gasteiger partial charge on any atom is -0.369 e. The van der Waals surface area contributed by atoms with Gasteiger partial charge in [-0.2, -0.15) is 4.98 Å². The molecule has 35 heavy (non-hydrogen) atoms. The van der Waals surface area contributed by atoms with Gasteiger partial charge in [0, 0.05) is 24.9 Å². The first-order valence-electron chi connectivity index (χ1n) is 11.4. The number of nitrogens with two attached hydrogens (primary N) is 1. The molecule has 0 spiro atoms. The SMILES string of the molecule is CC(=O)C(=O)c1cc2c3c(ccc2c2ccccc12)CCCC3.Nc1nc2nccnc2c(=O)[nH]1. The zero-order valence-corrected chi connectivity index (χ0v) is 19.2. The van der Waals surface area contributed by atoms with Crippen molar-refractivity contribution in [2.75, 3.05) is 5.73 Å². The van der Waals surface area contributed by atoms with Crippen LogP contribution < -0.4 is 11.3 Å². The van der Waals surface area contributed by atoms with Crippen molar-refractivity contribution in [3.8, 4) is 0 Å². The molecule has 174 valence electrons. The number of aryl methyl sites for hydroxylation is 2. The summed E-state index contributed by atoms with van der Waals surface area (Å²) in [4.78, 5) is 48.9. The molecular formula is C27H23N5O3. The molecule has 0 saturated carbocycles. The molecule has 0 bridgehead atoms. The molecule has 3 N–H and O–H groups in total. The van der Waals surface area contributed by atoms with E-state index >= 15 is 0 Å². The standard InChI is InChI=1S/C21H18O2.C6H5N5O/c1-13(22)21(23)20-12-19-15-7-3-2-6-14(15)10-11-18(19)16-8-4-5-9-17(16)20;7-6-10-4-3(5(12)11-6)8-1-2-9-4/h4-5,8-12H,2-3,6-7H2,1H3;1-2H,(H3,7,9,10,11,12). The molecule has 0 radical (unpaired) electrons. The lowest BCUT2D eigenvalue weighted by Gasteiger charge is -2.19. The van der Waals surface area contributed by atoms with E-state index < -0.39 is 11.6 Å². The number of hydrogen-bond acceptors (Lipinski definition) is 7. The zero-order chi connectivity index (χ0) is 24.5. The molecule has 2 aromatic heterocycles. The maximum atomic E-state index is 12.4. The molecule has 1 aliphatic rings. The van der Waals surface area contributed by atoms with Gasteiger partial charge in [0.05, 0.1) is 0 Å². The second-order valence-electron chi connectivity index (χ2n) is 8.54. The van der Waals surface area contributed by atoms with Gasteiger partial charge < -0.3 is 5.73 Å². The fourth-order valence-corrected chi connectivity index (χ4v) is 4.70. The van der Waals surface area contributed by atoms with Gasteiger partial charge in [0.1, 0.15) is 0 Å². The van der Waals surface area contributed by atoms with E-state index in [1.54, 1.807) is 0 Å². The van der Waals surface area contributed by atoms with Gasteiger partial charge >= 0.3 is 0 Å². The van der Waals surface area contributed by atoms with Crippen LogP contribution in [0.15, 0.2) is 59.7 Å². The lowest BCUT2D eigenvalue weighted by molar-refractivity contribution is -0.113. The highest BCUT2D eigenvalue weighted by molar-refractivity contribution is 6.45. The van der Waals surface area contributed by atoms with E-state index in [1.807, 2.05) is 30.3 Å². The van der Waals surface area contributed by atoms with E-state index in [2.05, 4.69) is 32.1 Å². The van der Waals surface area contributed by atoms with Crippen LogP contribution in [-0.4, -0.2) is 31.5 Å². The normalized spacial score (nSPS) is 12.7. The number of aromatic amines is 1. The third-order valence-corrected chi connectivity index (χ3v) is 6.30. The monoisotopic (exact) mass is 465 g/mol. The largest absolute Gasteiger partial charge is 0.369 e. The van der Waals surface area contributed by atoms with Crippen molar-refractivity contribution in [3.05, 3.63) is 81.9 Å². The Hall–Kier alpha value is -4.46. The molecule has 8 heteroatoms. The van der Waals surface area contributed by atoms with Crippen LogP contribution in [-0.2, 0) is 17.6 Å². The third-order valence-electron chi connectivity index (χ3n) is 6.30. The van der Waals surface area contributed by atoms with E-state index in [-0.39, 0.29) is 22.7 Å². The van der Waals surface area contributed by atoms with Gasteiger partial charge in [-0.05, 0) is 64.4 Å². The molecule has 0 amide bonds. The minimum atomic E-state index is -0.403. The number of nitrogens with one attached hydrogen (secondary N) is 1. The average molecular weight is 466 g/mol. The Bertz CT molecular complexity index is 1690. The van der Waals surface area contributed by atoms with Crippen molar-refractivity contribution in [2.45, 2.75) is 32.6 Å². The number of aromatic nitrogens is 4. The number of anilines is 1. The van der Waals surface area contributed by atoms with Crippen molar-refractivity contribution in [2.24, 2.45) is 0 Å². The van der Waals surface area contributed by atoms with Crippen LogP contribution in [0.2, 0.25) is 0 Å². The topological polar surface area (TPSA) is 132 Å². The number of nitrogen functional groups attached to an aromatic ring is 1. The highest BCUT2D eigenvalue weighted by Gasteiger charge is 2.19. The van der Waals surface area contributed by atoms with E-state index in [0.717, 1.165) is 29.0 Å². The van der Waals surface area contributed by atoms with Gasteiger partial charge in [-0.15, -0.1) is 0 Å². The van der Waals surface area contributed by atoms with Crippen LogP contribution in [0.5, 0.6) is 0 Å². The number of ketones is 2. The first-order valence-corrected chi connectivity index (χ1v) is 11.4. The highest BCUT2D eigenvalue weighted by Crippen LogP contribution is 2.35. The van der Waals surface area contributed by atoms with E-state index in [1.165, 1.54) is 48.7 Å². The van der Waals surface area contributed by atoms with Gasteiger partial charge in [0.15, 0.2) is 16.9 Å². The van der Waals surface area contributed by atoms with Gasteiger partial charge in [-0.3, -0.25) is 19.4 Å². The van der Waals surface area contributed by atoms with Gasteiger partial charge in [-0.25, -0.2) is 9.97 Å². The van der Waals surface area contributed by atoms with Crippen LogP contribution in [0.3, 0.4) is 0 Å². The maximum Gasteiger partial charge on any atom is 0.280 e. The Kier molecular flexibility index (Phi) is 5.78. The number of benzene rings is 3. The maximum absolute atomic E-state index is 12.4. The molecule has 5 aromatic rings. The molecule has 8 nitrogen and oxygen atoms in total. The average Bonchev–Trinajstić information content (AvgIpc) is 2.88. The fraction of sp³-hybridized carbons (Fsp3) is 0.185. The fourth-order valence-electron chi connectivity index (χ4n) is 4.70. The van der Waals surface area contributed by atoms with Gasteiger partial charge in [0.25, 0.3) is 5.56 Å². The lowest BCUT2D eigenvalue weighted by Crippen LogP contribution is -2.12. The van der Waals surface area contributed by atoms with Crippen LogP contribution in [0, 0.1) is 0 Å². The molecule has 0 atom stereocenters. The summed E-state index contributed by atoms with van der Waals surface area (Å²) in [5.41, 5.74) is 8.67. The molecule has 2 heterocycles. The number of H-pyrrole nitrogens is 1. The summed E-state index contributed by atoms with van der Waals surface area (Å²) < 4.78 is 0. The number of nitrogens with zero attached hydrogens (tertiary/aromatic N) is 3. The van der Waals surface area contributed by atoms with Crippen molar-refractivity contribution in [1.82, 2.24) is 19.9 Å².